The summed E-state index contributed by atoms with van der Waals surface area (Å²) in [5.41, 5.74) is 6.66. The zero-order chi connectivity index (χ0) is 12.0. The normalized spacial score (nSPS) is 12.2. The van der Waals surface area contributed by atoms with Crippen molar-refractivity contribution < 1.29 is 9.53 Å². The van der Waals surface area contributed by atoms with Crippen LogP contribution in [0.15, 0.2) is 29.2 Å². The fourth-order valence-electron chi connectivity index (χ4n) is 1.48. The first-order valence-corrected chi connectivity index (χ1v) is 6.34. The fourth-order valence-corrected chi connectivity index (χ4v) is 1.88. The second kappa shape index (κ2) is 6.55. The van der Waals surface area contributed by atoms with Gasteiger partial charge in [0.1, 0.15) is 0 Å². The first kappa shape index (κ1) is 13.1. The van der Waals surface area contributed by atoms with Crippen LogP contribution in [0.5, 0.6) is 0 Å². The van der Waals surface area contributed by atoms with Gasteiger partial charge in [-0.15, -0.1) is 11.8 Å². The van der Waals surface area contributed by atoms with Gasteiger partial charge < -0.3 is 10.5 Å². The molecule has 0 radical (unpaired) electrons. The van der Waals surface area contributed by atoms with Crippen molar-refractivity contribution in [2.45, 2.75) is 11.3 Å². The van der Waals surface area contributed by atoms with Crippen LogP contribution in [0.25, 0.3) is 0 Å². The Balaban J connectivity index is 2.66. The third-order valence-electron chi connectivity index (χ3n) is 2.46. The maximum Gasteiger partial charge on any atom is 0.310 e. The molecule has 0 amide bonds. The van der Waals surface area contributed by atoms with E-state index in [1.54, 1.807) is 11.8 Å². The van der Waals surface area contributed by atoms with Crippen LogP contribution in [0.4, 0.5) is 0 Å². The van der Waals surface area contributed by atoms with Crippen molar-refractivity contribution in [3.63, 3.8) is 0 Å². The average Bonchev–Trinajstić information content (AvgIpc) is 2.35. The van der Waals surface area contributed by atoms with Crippen LogP contribution in [0.3, 0.4) is 0 Å². The molecule has 1 unspecified atom stereocenters. The number of ether oxygens (including phenoxy) is 1. The van der Waals surface area contributed by atoms with E-state index in [2.05, 4.69) is 0 Å². The Kier molecular flexibility index (Phi) is 5.35. The molecule has 0 fully saturated rings. The smallest absolute Gasteiger partial charge is 0.310 e. The third kappa shape index (κ3) is 3.54. The van der Waals surface area contributed by atoms with Gasteiger partial charge in [-0.2, -0.15) is 0 Å². The molecule has 88 valence electrons. The lowest BCUT2D eigenvalue weighted by Gasteiger charge is -2.12. The van der Waals surface area contributed by atoms with Crippen molar-refractivity contribution in [2.75, 3.05) is 19.9 Å². The summed E-state index contributed by atoms with van der Waals surface area (Å²) in [5.74, 6) is -0.485. The minimum absolute atomic E-state index is 0.239. The van der Waals surface area contributed by atoms with E-state index >= 15 is 0 Å². The van der Waals surface area contributed by atoms with Crippen molar-refractivity contribution in [1.82, 2.24) is 0 Å². The van der Waals surface area contributed by atoms with Gasteiger partial charge in [0.05, 0.1) is 13.0 Å². The van der Waals surface area contributed by atoms with Crippen LogP contribution in [0.2, 0.25) is 0 Å². The lowest BCUT2D eigenvalue weighted by atomic mass is 10.00. The minimum atomic E-state index is -0.245. The maximum absolute atomic E-state index is 11.4. The number of nitrogens with two attached hydrogens (primary N) is 1. The molecule has 1 aromatic carbocycles. The quantitative estimate of drug-likeness (QED) is 0.627. The van der Waals surface area contributed by atoms with Gasteiger partial charge >= 0.3 is 5.97 Å². The topological polar surface area (TPSA) is 52.3 Å². The van der Waals surface area contributed by atoms with Gasteiger partial charge in [0.2, 0.25) is 0 Å². The molecule has 1 aromatic rings. The second-order valence-corrected chi connectivity index (χ2v) is 4.39. The van der Waals surface area contributed by atoms with E-state index in [1.807, 2.05) is 30.5 Å². The highest BCUT2D eigenvalue weighted by Gasteiger charge is 2.17. The van der Waals surface area contributed by atoms with E-state index in [0.29, 0.717) is 13.0 Å². The van der Waals surface area contributed by atoms with Crippen molar-refractivity contribution in [3.05, 3.63) is 29.8 Å². The van der Waals surface area contributed by atoms with E-state index in [9.17, 15) is 4.79 Å². The van der Waals surface area contributed by atoms with Gasteiger partial charge in [-0.25, -0.2) is 0 Å². The fraction of sp³-hybridized carbons (Fsp3) is 0.417. The summed E-state index contributed by atoms with van der Waals surface area (Å²) in [6.07, 6.45) is 2.67. The van der Waals surface area contributed by atoms with Gasteiger partial charge in [0.25, 0.3) is 0 Å². The number of benzene rings is 1. The molecule has 0 aliphatic carbocycles. The summed E-state index contributed by atoms with van der Waals surface area (Å²) in [6.45, 7) is 0.316. The maximum atomic E-state index is 11.4. The minimum Gasteiger partial charge on any atom is -0.469 e. The average molecular weight is 239 g/mol. The van der Waals surface area contributed by atoms with E-state index in [0.717, 1.165) is 5.56 Å². The molecule has 0 bridgehead atoms. The highest BCUT2D eigenvalue weighted by atomic mass is 32.2. The standard InChI is InChI=1S/C12H17NO2S/c1-15-12(14)10(8-13)7-9-3-5-11(16-2)6-4-9/h3-6,10H,7-8,13H2,1-2H3. The van der Waals surface area contributed by atoms with Gasteiger partial charge in [-0.1, -0.05) is 12.1 Å². The molecule has 2 N–H and O–H groups in total. The molecule has 0 aliphatic rings. The molecule has 3 nitrogen and oxygen atoms in total. The first-order chi connectivity index (χ1) is 7.71. The number of carbonyl (C=O) groups excluding carboxylic acids is 1. The molecule has 0 saturated carbocycles. The Morgan fingerprint density at radius 2 is 2.06 bits per heavy atom. The predicted octanol–water partition coefficient (Wildman–Crippen LogP) is 1.70. The molecule has 16 heavy (non-hydrogen) atoms. The number of hydrogen-bond acceptors (Lipinski definition) is 4. The van der Waals surface area contributed by atoms with E-state index in [4.69, 9.17) is 10.5 Å². The number of hydrogen-bond donors (Lipinski definition) is 1. The SMILES string of the molecule is COC(=O)C(CN)Cc1ccc(SC)cc1. The van der Waals surface area contributed by atoms with E-state index in [1.165, 1.54) is 12.0 Å². The van der Waals surface area contributed by atoms with Crippen LogP contribution >= 0.6 is 11.8 Å². The summed E-state index contributed by atoms with van der Waals surface area (Å²) >= 11 is 1.70. The Morgan fingerprint density at radius 1 is 1.44 bits per heavy atom. The highest BCUT2D eigenvalue weighted by molar-refractivity contribution is 7.98. The number of methoxy groups -OCH3 is 1. The summed E-state index contributed by atoms with van der Waals surface area (Å²) in [5, 5.41) is 0. The van der Waals surface area contributed by atoms with E-state index < -0.39 is 0 Å². The summed E-state index contributed by atoms with van der Waals surface area (Å²) < 4.78 is 4.70. The molecular formula is C12H17NO2S. The lowest BCUT2D eigenvalue weighted by Crippen LogP contribution is -2.26. The van der Waals surface area contributed by atoms with Crippen molar-refractivity contribution >= 4 is 17.7 Å². The number of thioether (sulfide) groups is 1. The number of rotatable bonds is 5. The van der Waals surface area contributed by atoms with Crippen molar-refractivity contribution in [1.29, 1.82) is 0 Å². The van der Waals surface area contributed by atoms with Gasteiger partial charge in [0, 0.05) is 11.4 Å². The van der Waals surface area contributed by atoms with Crippen LogP contribution in [0.1, 0.15) is 5.56 Å². The molecule has 1 rings (SSSR count). The van der Waals surface area contributed by atoms with Gasteiger partial charge in [-0.05, 0) is 30.4 Å². The Labute approximate surface area is 100 Å². The van der Waals surface area contributed by atoms with Crippen LogP contribution in [-0.4, -0.2) is 25.9 Å². The van der Waals surface area contributed by atoms with Crippen molar-refractivity contribution in [3.8, 4) is 0 Å². The molecule has 0 spiro atoms. The van der Waals surface area contributed by atoms with Gasteiger partial charge in [-0.3, -0.25) is 4.79 Å². The Bertz CT molecular complexity index is 337. The summed E-state index contributed by atoms with van der Waals surface area (Å²) in [6, 6.07) is 8.14. The molecule has 0 aromatic heterocycles. The summed E-state index contributed by atoms with van der Waals surface area (Å²) in [7, 11) is 1.39. The molecule has 0 aliphatic heterocycles. The van der Waals surface area contributed by atoms with Gasteiger partial charge in [0.15, 0.2) is 0 Å². The lowest BCUT2D eigenvalue weighted by molar-refractivity contribution is -0.145. The summed E-state index contributed by atoms with van der Waals surface area (Å²) in [4.78, 5) is 12.6. The Hall–Kier alpha value is -1.00. The monoisotopic (exact) mass is 239 g/mol. The number of esters is 1. The zero-order valence-corrected chi connectivity index (χ0v) is 10.4. The molecule has 4 heteroatoms. The predicted molar refractivity (Wildman–Crippen MR) is 66.5 cm³/mol. The second-order valence-electron chi connectivity index (χ2n) is 3.51. The van der Waals surface area contributed by atoms with Crippen molar-refractivity contribution in [2.24, 2.45) is 11.7 Å². The number of carbonyl (C=O) groups is 1. The van der Waals surface area contributed by atoms with E-state index in [-0.39, 0.29) is 11.9 Å². The highest BCUT2D eigenvalue weighted by Crippen LogP contribution is 2.17. The largest absolute Gasteiger partial charge is 0.469 e. The zero-order valence-electron chi connectivity index (χ0n) is 9.60. The molecular weight excluding hydrogens is 222 g/mol. The first-order valence-electron chi connectivity index (χ1n) is 5.12. The molecule has 0 heterocycles. The van der Waals surface area contributed by atoms with Crippen LogP contribution < -0.4 is 5.73 Å². The van der Waals surface area contributed by atoms with Crippen LogP contribution in [-0.2, 0) is 16.0 Å². The molecule has 0 saturated heterocycles. The Morgan fingerprint density at radius 3 is 2.50 bits per heavy atom. The molecule has 1 atom stereocenters. The van der Waals surface area contributed by atoms with Crippen LogP contribution in [0, 0.1) is 5.92 Å². The third-order valence-corrected chi connectivity index (χ3v) is 3.20.